The van der Waals surface area contributed by atoms with E-state index < -0.39 is 0 Å². The zero-order valence-corrected chi connectivity index (χ0v) is 13.1. The van der Waals surface area contributed by atoms with Crippen molar-refractivity contribution >= 4 is 11.6 Å². The second-order valence-corrected chi connectivity index (χ2v) is 5.50. The van der Waals surface area contributed by atoms with Gasteiger partial charge < -0.3 is 10.2 Å². The van der Waals surface area contributed by atoms with E-state index in [9.17, 15) is 4.79 Å². The summed E-state index contributed by atoms with van der Waals surface area (Å²) in [6.07, 6.45) is 5.13. The van der Waals surface area contributed by atoms with Crippen LogP contribution < -0.4 is 5.32 Å². The molecule has 1 aromatic heterocycles. The van der Waals surface area contributed by atoms with Crippen LogP contribution in [0.3, 0.4) is 0 Å². The smallest absolute Gasteiger partial charge is 0.225 e. The van der Waals surface area contributed by atoms with Crippen molar-refractivity contribution in [2.75, 3.05) is 38.0 Å². The standard InChI is InChI=1S/C16H26N4O/c1-3-20(4-2)15-7-10-19(13-15)11-8-16(21)18-14-6-5-9-17-12-14/h5-6,9,12,15H,3-4,7-8,10-11,13H2,1-2H3,(H,18,21)/t15-/m0/s1. The van der Waals surface area contributed by atoms with Crippen LogP contribution >= 0.6 is 0 Å². The van der Waals surface area contributed by atoms with E-state index in [-0.39, 0.29) is 5.91 Å². The van der Waals surface area contributed by atoms with E-state index in [1.807, 2.05) is 12.1 Å². The minimum absolute atomic E-state index is 0.0642. The number of likely N-dealkylation sites (tertiary alicyclic amines) is 1. The number of rotatable bonds is 7. The van der Waals surface area contributed by atoms with Crippen molar-refractivity contribution in [2.24, 2.45) is 0 Å². The van der Waals surface area contributed by atoms with Gasteiger partial charge in [-0.05, 0) is 38.2 Å². The number of nitrogens with zero attached hydrogens (tertiary/aromatic N) is 3. The molecule has 0 bridgehead atoms. The fraction of sp³-hybridized carbons (Fsp3) is 0.625. The molecule has 0 saturated carbocycles. The first-order chi connectivity index (χ1) is 10.2. The number of likely N-dealkylation sites (N-methyl/N-ethyl adjacent to an activating group) is 1. The van der Waals surface area contributed by atoms with Crippen molar-refractivity contribution in [3.63, 3.8) is 0 Å². The fourth-order valence-electron chi connectivity index (χ4n) is 2.97. The van der Waals surface area contributed by atoms with E-state index >= 15 is 0 Å². The number of carbonyl (C=O) groups excluding carboxylic acids is 1. The third-order valence-corrected chi connectivity index (χ3v) is 4.18. The van der Waals surface area contributed by atoms with Crippen LogP contribution in [-0.2, 0) is 4.79 Å². The summed E-state index contributed by atoms with van der Waals surface area (Å²) >= 11 is 0. The van der Waals surface area contributed by atoms with Gasteiger partial charge in [-0.25, -0.2) is 0 Å². The van der Waals surface area contributed by atoms with Gasteiger partial charge in [0, 0.05) is 31.7 Å². The molecule has 1 atom stereocenters. The van der Waals surface area contributed by atoms with Crippen molar-refractivity contribution in [1.29, 1.82) is 0 Å². The summed E-state index contributed by atoms with van der Waals surface area (Å²) in [4.78, 5) is 20.8. The predicted molar refractivity (Wildman–Crippen MR) is 85.2 cm³/mol. The normalized spacial score (nSPS) is 19.1. The molecule has 0 radical (unpaired) electrons. The number of pyridine rings is 1. The van der Waals surface area contributed by atoms with Crippen molar-refractivity contribution < 1.29 is 4.79 Å². The fourth-order valence-corrected chi connectivity index (χ4v) is 2.97. The monoisotopic (exact) mass is 290 g/mol. The molecular weight excluding hydrogens is 264 g/mol. The van der Waals surface area contributed by atoms with Gasteiger partial charge in [0.05, 0.1) is 11.9 Å². The molecule has 2 rings (SSSR count). The lowest BCUT2D eigenvalue weighted by molar-refractivity contribution is -0.116. The number of hydrogen-bond donors (Lipinski definition) is 1. The zero-order chi connectivity index (χ0) is 15.1. The average Bonchev–Trinajstić information content (AvgIpc) is 2.96. The molecule has 0 aromatic carbocycles. The number of aromatic nitrogens is 1. The summed E-state index contributed by atoms with van der Waals surface area (Å²) in [6.45, 7) is 9.67. The maximum atomic E-state index is 11.9. The third-order valence-electron chi connectivity index (χ3n) is 4.18. The van der Waals surface area contributed by atoms with Crippen LogP contribution in [0, 0.1) is 0 Å². The largest absolute Gasteiger partial charge is 0.325 e. The molecule has 1 aliphatic heterocycles. The molecule has 21 heavy (non-hydrogen) atoms. The zero-order valence-electron chi connectivity index (χ0n) is 13.1. The van der Waals surface area contributed by atoms with Crippen molar-refractivity contribution in [3.8, 4) is 0 Å². The van der Waals surface area contributed by atoms with Crippen LogP contribution in [0.2, 0.25) is 0 Å². The highest BCUT2D eigenvalue weighted by atomic mass is 16.1. The Kier molecular flexibility index (Phi) is 6.14. The van der Waals surface area contributed by atoms with Crippen molar-refractivity contribution in [2.45, 2.75) is 32.7 Å². The lowest BCUT2D eigenvalue weighted by Crippen LogP contribution is -2.37. The predicted octanol–water partition coefficient (Wildman–Crippen LogP) is 1.83. The summed E-state index contributed by atoms with van der Waals surface area (Å²) in [5.41, 5.74) is 0.768. The van der Waals surface area contributed by atoms with Crippen LogP contribution in [-0.4, -0.2) is 59.5 Å². The summed E-state index contributed by atoms with van der Waals surface area (Å²) in [7, 11) is 0. The molecule has 1 saturated heterocycles. The molecule has 0 spiro atoms. The van der Waals surface area contributed by atoms with Crippen LogP contribution in [0.15, 0.2) is 24.5 Å². The second kappa shape index (κ2) is 8.10. The van der Waals surface area contributed by atoms with E-state index in [4.69, 9.17) is 0 Å². The van der Waals surface area contributed by atoms with Crippen molar-refractivity contribution in [3.05, 3.63) is 24.5 Å². The van der Waals surface area contributed by atoms with Crippen LogP contribution in [0.25, 0.3) is 0 Å². The van der Waals surface area contributed by atoms with Gasteiger partial charge in [-0.1, -0.05) is 13.8 Å². The molecule has 5 nitrogen and oxygen atoms in total. The first kappa shape index (κ1) is 15.9. The van der Waals surface area contributed by atoms with Crippen LogP contribution in [0.5, 0.6) is 0 Å². The quantitative estimate of drug-likeness (QED) is 0.832. The molecule has 116 valence electrons. The molecular formula is C16H26N4O. The summed E-state index contributed by atoms with van der Waals surface area (Å²) < 4.78 is 0. The summed E-state index contributed by atoms with van der Waals surface area (Å²) in [5, 5.41) is 2.88. The lowest BCUT2D eigenvalue weighted by atomic mass is 10.2. The van der Waals surface area contributed by atoms with Crippen LogP contribution in [0.4, 0.5) is 5.69 Å². The van der Waals surface area contributed by atoms with Gasteiger partial charge in [0.15, 0.2) is 0 Å². The second-order valence-electron chi connectivity index (χ2n) is 5.50. The van der Waals surface area contributed by atoms with Gasteiger partial charge in [0.25, 0.3) is 0 Å². The SMILES string of the molecule is CCN(CC)[C@H]1CCN(CCC(=O)Nc2cccnc2)C1. The number of anilines is 1. The minimum atomic E-state index is 0.0642. The third kappa shape index (κ3) is 4.79. The molecule has 5 heteroatoms. The van der Waals surface area contributed by atoms with E-state index in [1.54, 1.807) is 12.4 Å². The Hall–Kier alpha value is -1.46. The topological polar surface area (TPSA) is 48.5 Å². The summed E-state index contributed by atoms with van der Waals surface area (Å²) in [6, 6.07) is 4.34. The maximum Gasteiger partial charge on any atom is 0.225 e. The average molecular weight is 290 g/mol. The Balaban J connectivity index is 1.70. The van der Waals surface area contributed by atoms with Gasteiger partial charge in [0.2, 0.25) is 5.91 Å². The number of hydrogen-bond acceptors (Lipinski definition) is 4. The van der Waals surface area contributed by atoms with Gasteiger partial charge in [-0.15, -0.1) is 0 Å². The first-order valence-electron chi connectivity index (χ1n) is 7.89. The van der Waals surface area contributed by atoms with Crippen molar-refractivity contribution in [1.82, 2.24) is 14.8 Å². The molecule has 2 heterocycles. The Morgan fingerprint density at radius 3 is 2.95 bits per heavy atom. The Morgan fingerprint density at radius 2 is 2.29 bits per heavy atom. The molecule has 1 N–H and O–H groups in total. The van der Waals surface area contributed by atoms with E-state index in [0.717, 1.165) is 38.4 Å². The highest BCUT2D eigenvalue weighted by Gasteiger charge is 2.25. The van der Waals surface area contributed by atoms with Crippen LogP contribution in [0.1, 0.15) is 26.7 Å². The molecule has 1 aromatic rings. The summed E-state index contributed by atoms with van der Waals surface area (Å²) in [5.74, 6) is 0.0642. The van der Waals surface area contributed by atoms with E-state index in [2.05, 4.69) is 33.9 Å². The highest BCUT2D eigenvalue weighted by molar-refractivity contribution is 5.90. The van der Waals surface area contributed by atoms with Gasteiger partial charge in [-0.2, -0.15) is 0 Å². The number of carbonyl (C=O) groups is 1. The molecule has 1 fully saturated rings. The van der Waals surface area contributed by atoms with Gasteiger partial charge in [-0.3, -0.25) is 14.7 Å². The minimum Gasteiger partial charge on any atom is -0.325 e. The first-order valence-corrected chi connectivity index (χ1v) is 7.89. The molecule has 1 amide bonds. The van der Waals surface area contributed by atoms with E-state index in [1.165, 1.54) is 6.42 Å². The number of nitrogens with one attached hydrogen (secondary N) is 1. The molecule has 1 aliphatic rings. The maximum absolute atomic E-state index is 11.9. The number of amides is 1. The van der Waals surface area contributed by atoms with Gasteiger partial charge >= 0.3 is 0 Å². The Bertz CT molecular complexity index is 433. The highest BCUT2D eigenvalue weighted by Crippen LogP contribution is 2.15. The molecule has 0 aliphatic carbocycles. The van der Waals surface area contributed by atoms with Gasteiger partial charge in [0.1, 0.15) is 0 Å². The lowest BCUT2D eigenvalue weighted by Gasteiger charge is -2.26. The van der Waals surface area contributed by atoms with E-state index in [0.29, 0.717) is 12.5 Å². The Labute approximate surface area is 127 Å². The molecule has 0 unspecified atom stereocenters. The Morgan fingerprint density at radius 1 is 1.48 bits per heavy atom.